The van der Waals surface area contributed by atoms with E-state index >= 15 is 0 Å². The number of aldehydes is 1. The summed E-state index contributed by atoms with van der Waals surface area (Å²) in [7, 11) is -3.03. The van der Waals surface area contributed by atoms with Gasteiger partial charge in [-0.15, -0.1) is 0 Å². The van der Waals surface area contributed by atoms with E-state index in [9.17, 15) is 9.36 Å². The summed E-state index contributed by atoms with van der Waals surface area (Å²) in [6.45, 7) is 4.97. The molecule has 0 atom stereocenters. The van der Waals surface area contributed by atoms with Gasteiger partial charge in [-0.1, -0.05) is 26.7 Å². The summed E-state index contributed by atoms with van der Waals surface area (Å²) in [4.78, 5) is 10.3. The second-order valence-corrected chi connectivity index (χ2v) is 5.85. The zero-order valence-corrected chi connectivity index (χ0v) is 11.2. The second kappa shape index (κ2) is 10.0. The van der Waals surface area contributed by atoms with Crippen LogP contribution in [0.2, 0.25) is 0 Å². The summed E-state index contributed by atoms with van der Waals surface area (Å²) in [5, 5.41) is 0. The third-order valence-corrected chi connectivity index (χ3v) is 4.05. The molecule has 0 N–H and O–H groups in total. The van der Waals surface area contributed by atoms with E-state index in [0.29, 0.717) is 13.2 Å². The van der Waals surface area contributed by atoms with Crippen molar-refractivity contribution >= 4 is 13.9 Å². The first-order chi connectivity index (χ1) is 7.68. The van der Waals surface area contributed by atoms with Crippen molar-refractivity contribution in [2.45, 2.75) is 46.0 Å². The van der Waals surface area contributed by atoms with Crippen molar-refractivity contribution in [3.63, 3.8) is 0 Å². The Labute approximate surface area is 98.2 Å². The van der Waals surface area contributed by atoms with Crippen LogP contribution in [-0.4, -0.2) is 25.7 Å². The maximum Gasteiger partial charge on any atom is 0.331 e. The molecule has 0 amide bonds. The summed E-state index contributed by atoms with van der Waals surface area (Å²) in [6.07, 6.45) is 4.88. The van der Waals surface area contributed by atoms with E-state index in [0.717, 1.165) is 32.0 Å². The topological polar surface area (TPSA) is 52.6 Å². The zero-order valence-electron chi connectivity index (χ0n) is 10.3. The van der Waals surface area contributed by atoms with Gasteiger partial charge in [-0.05, 0) is 12.8 Å². The van der Waals surface area contributed by atoms with Gasteiger partial charge in [0.1, 0.15) is 6.29 Å². The standard InChI is InChI=1S/C11H23O4P/c1-3-5-9-14-16(13,11-7-8-12)15-10-6-4-2/h8H,3-7,9-11H2,1-2H3. The first-order valence-corrected chi connectivity index (χ1v) is 7.73. The van der Waals surface area contributed by atoms with E-state index < -0.39 is 7.60 Å². The maximum absolute atomic E-state index is 12.1. The molecule has 0 spiro atoms. The predicted molar refractivity (Wildman–Crippen MR) is 64.9 cm³/mol. The van der Waals surface area contributed by atoms with Crippen LogP contribution in [0.25, 0.3) is 0 Å². The molecule has 0 aromatic heterocycles. The Morgan fingerprint density at radius 2 is 1.56 bits per heavy atom. The normalized spacial score (nSPS) is 11.6. The van der Waals surface area contributed by atoms with Crippen LogP contribution in [0.4, 0.5) is 0 Å². The van der Waals surface area contributed by atoms with Crippen molar-refractivity contribution in [2.75, 3.05) is 19.4 Å². The quantitative estimate of drug-likeness (QED) is 0.320. The highest BCUT2D eigenvalue weighted by Gasteiger charge is 2.23. The molecule has 0 rings (SSSR count). The molecular formula is C11H23O4P. The van der Waals surface area contributed by atoms with Crippen LogP contribution in [0.1, 0.15) is 46.0 Å². The van der Waals surface area contributed by atoms with Crippen molar-refractivity contribution in [3.8, 4) is 0 Å². The Morgan fingerprint density at radius 3 is 1.94 bits per heavy atom. The molecule has 0 saturated heterocycles. The first-order valence-electron chi connectivity index (χ1n) is 6.00. The Morgan fingerprint density at radius 1 is 1.06 bits per heavy atom. The third-order valence-electron chi connectivity index (χ3n) is 2.09. The van der Waals surface area contributed by atoms with Gasteiger partial charge in [-0.3, -0.25) is 4.57 Å². The molecule has 0 aliphatic carbocycles. The zero-order chi connectivity index (χ0) is 12.3. The summed E-state index contributed by atoms with van der Waals surface area (Å²) in [5.74, 6) is 0. The van der Waals surface area contributed by atoms with Crippen LogP contribution in [0.3, 0.4) is 0 Å². The van der Waals surface area contributed by atoms with Gasteiger partial charge in [0.25, 0.3) is 0 Å². The van der Waals surface area contributed by atoms with Gasteiger partial charge in [-0.25, -0.2) is 0 Å². The lowest BCUT2D eigenvalue weighted by molar-refractivity contribution is -0.107. The van der Waals surface area contributed by atoms with Gasteiger partial charge in [0, 0.05) is 6.42 Å². The number of hydrogen-bond acceptors (Lipinski definition) is 4. The van der Waals surface area contributed by atoms with Gasteiger partial charge in [0.05, 0.1) is 19.4 Å². The van der Waals surface area contributed by atoms with E-state index in [1.54, 1.807) is 0 Å². The molecule has 0 aliphatic rings. The van der Waals surface area contributed by atoms with E-state index in [1.807, 2.05) is 13.8 Å². The molecule has 4 nitrogen and oxygen atoms in total. The van der Waals surface area contributed by atoms with Crippen molar-refractivity contribution in [1.82, 2.24) is 0 Å². The number of carbonyl (C=O) groups excluding carboxylic acids is 1. The SMILES string of the molecule is CCCCOP(=O)(CCC=O)OCCCC. The average molecular weight is 250 g/mol. The molecule has 0 aromatic carbocycles. The van der Waals surface area contributed by atoms with Crippen LogP contribution < -0.4 is 0 Å². The summed E-state index contributed by atoms with van der Waals surface area (Å²) in [6, 6.07) is 0. The fourth-order valence-electron chi connectivity index (χ4n) is 1.07. The number of hydrogen-bond donors (Lipinski definition) is 0. The molecule has 16 heavy (non-hydrogen) atoms. The van der Waals surface area contributed by atoms with Crippen LogP contribution in [-0.2, 0) is 18.4 Å². The first kappa shape index (κ1) is 15.8. The Bertz CT molecular complexity index is 204. The minimum absolute atomic E-state index is 0.198. The molecule has 0 aliphatic heterocycles. The monoisotopic (exact) mass is 250 g/mol. The lowest BCUT2D eigenvalue weighted by Gasteiger charge is -2.17. The van der Waals surface area contributed by atoms with Crippen molar-refractivity contribution in [1.29, 1.82) is 0 Å². The molecule has 0 fully saturated rings. The highest BCUT2D eigenvalue weighted by molar-refractivity contribution is 7.53. The Kier molecular flexibility index (Phi) is 9.89. The molecule has 0 saturated carbocycles. The molecule has 0 heterocycles. The Balaban J connectivity index is 4.02. The molecule has 0 radical (unpaired) electrons. The van der Waals surface area contributed by atoms with Gasteiger partial charge in [-0.2, -0.15) is 0 Å². The largest absolute Gasteiger partial charge is 0.331 e. The summed E-state index contributed by atoms with van der Waals surface area (Å²) in [5.41, 5.74) is 0. The number of rotatable bonds is 11. The van der Waals surface area contributed by atoms with E-state index in [-0.39, 0.29) is 12.6 Å². The van der Waals surface area contributed by atoms with Gasteiger partial charge >= 0.3 is 7.60 Å². The van der Waals surface area contributed by atoms with E-state index in [4.69, 9.17) is 9.05 Å². The smallest absolute Gasteiger partial charge is 0.309 e. The summed E-state index contributed by atoms with van der Waals surface area (Å²) < 4.78 is 22.7. The minimum atomic E-state index is -3.03. The third kappa shape index (κ3) is 8.03. The second-order valence-electron chi connectivity index (χ2n) is 3.66. The average Bonchev–Trinajstić information content (AvgIpc) is 2.27. The molecule has 0 unspecified atom stereocenters. The minimum Gasteiger partial charge on any atom is -0.309 e. The molecule has 5 heteroatoms. The Hall–Kier alpha value is -0.180. The van der Waals surface area contributed by atoms with Crippen molar-refractivity contribution < 1.29 is 18.4 Å². The van der Waals surface area contributed by atoms with Gasteiger partial charge in [0.2, 0.25) is 0 Å². The predicted octanol–water partition coefficient (Wildman–Crippen LogP) is 3.40. The lowest BCUT2D eigenvalue weighted by atomic mass is 10.4. The molecule has 0 bridgehead atoms. The van der Waals surface area contributed by atoms with Gasteiger partial charge in [0.15, 0.2) is 0 Å². The van der Waals surface area contributed by atoms with E-state index in [2.05, 4.69) is 0 Å². The number of carbonyl (C=O) groups is 1. The highest BCUT2D eigenvalue weighted by Crippen LogP contribution is 2.48. The molecule has 0 aromatic rings. The fourth-order valence-corrected chi connectivity index (χ4v) is 2.64. The van der Waals surface area contributed by atoms with Crippen LogP contribution in [0.5, 0.6) is 0 Å². The summed E-state index contributed by atoms with van der Waals surface area (Å²) >= 11 is 0. The van der Waals surface area contributed by atoms with Crippen LogP contribution in [0.15, 0.2) is 0 Å². The maximum atomic E-state index is 12.1. The number of unbranched alkanes of at least 4 members (excludes halogenated alkanes) is 2. The van der Waals surface area contributed by atoms with E-state index in [1.165, 1.54) is 0 Å². The van der Waals surface area contributed by atoms with Crippen molar-refractivity contribution in [3.05, 3.63) is 0 Å². The molecular weight excluding hydrogens is 227 g/mol. The van der Waals surface area contributed by atoms with Crippen LogP contribution >= 0.6 is 7.60 Å². The fraction of sp³-hybridized carbons (Fsp3) is 0.909. The lowest BCUT2D eigenvalue weighted by Crippen LogP contribution is -2.03. The highest BCUT2D eigenvalue weighted by atomic mass is 31.2. The molecule has 96 valence electrons. The van der Waals surface area contributed by atoms with Crippen molar-refractivity contribution in [2.24, 2.45) is 0 Å². The van der Waals surface area contributed by atoms with Crippen LogP contribution in [0, 0.1) is 0 Å². The van der Waals surface area contributed by atoms with Gasteiger partial charge < -0.3 is 13.8 Å².